The summed E-state index contributed by atoms with van der Waals surface area (Å²) in [5, 5.41) is 28.3. The molecule has 0 aliphatic heterocycles. The number of nitrogens with two attached hydrogens (primary N) is 1. The van der Waals surface area contributed by atoms with E-state index in [2.05, 4.69) is 0 Å². The first-order valence-corrected chi connectivity index (χ1v) is 8.93. The Morgan fingerprint density at radius 2 is 2.08 bits per heavy atom. The molecule has 1 fully saturated rings. The molecule has 5 nitrogen and oxygen atoms in total. The zero-order chi connectivity index (χ0) is 17.4. The highest BCUT2D eigenvalue weighted by molar-refractivity contribution is 6.40. The van der Waals surface area contributed by atoms with E-state index >= 15 is 0 Å². The van der Waals surface area contributed by atoms with Gasteiger partial charge in [-0.2, -0.15) is 0 Å². The van der Waals surface area contributed by atoms with Gasteiger partial charge in [-0.25, -0.2) is 0 Å². The second kappa shape index (κ2) is 7.04. The SMILES string of the molecule is NC(c1cc2c(cc1Cl)CC(CCCB(O)O)C2C(=O)O)C1CC1. The van der Waals surface area contributed by atoms with E-state index in [9.17, 15) is 9.90 Å². The average molecular weight is 352 g/mol. The smallest absolute Gasteiger partial charge is 0.451 e. The van der Waals surface area contributed by atoms with E-state index in [1.165, 1.54) is 0 Å². The average Bonchev–Trinajstić information content (AvgIpc) is 3.27. The minimum absolute atomic E-state index is 0.0419. The highest BCUT2D eigenvalue weighted by Crippen LogP contribution is 2.46. The van der Waals surface area contributed by atoms with Gasteiger partial charge in [0.25, 0.3) is 0 Å². The lowest BCUT2D eigenvalue weighted by Crippen LogP contribution is -2.19. The van der Waals surface area contributed by atoms with Crippen molar-refractivity contribution in [1.29, 1.82) is 0 Å². The molecule has 130 valence electrons. The van der Waals surface area contributed by atoms with E-state index < -0.39 is 19.0 Å². The number of carboxylic acid groups (broad SMARTS) is 1. The van der Waals surface area contributed by atoms with E-state index in [4.69, 9.17) is 27.4 Å². The number of benzene rings is 1. The third-order valence-electron chi connectivity index (χ3n) is 5.34. The Kier molecular flexibility index (Phi) is 5.20. The molecule has 3 unspecified atom stereocenters. The van der Waals surface area contributed by atoms with Crippen LogP contribution in [0.1, 0.15) is 54.3 Å². The molecule has 3 rings (SSSR count). The van der Waals surface area contributed by atoms with Gasteiger partial charge in [0, 0.05) is 11.1 Å². The molecule has 2 aliphatic carbocycles. The zero-order valence-corrected chi connectivity index (χ0v) is 14.2. The molecule has 3 atom stereocenters. The van der Waals surface area contributed by atoms with Gasteiger partial charge in [0.2, 0.25) is 0 Å². The maximum Gasteiger partial charge on any atom is 0.451 e. The molecule has 0 aromatic heterocycles. The van der Waals surface area contributed by atoms with E-state index in [1.807, 2.05) is 12.1 Å². The number of aliphatic carboxylic acids is 1. The lowest BCUT2D eigenvalue weighted by Gasteiger charge is -2.18. The highest BCUT2D eigenvalue weighted by Gasteiger charge is 2.39. The van der Waals surface area contributed by atoms with Crippen LogP contribution in [0.25, 0.3) is 0 Å². The van der Waals surface area contributed by atoms with Gasteiger partial charge in [-0.15, -0.1) is 0 Å². The summed E-state index contributed by atoms with van der Waals surface area (Å²) >= 11 is 6.40. The summed E-state index contributed by atoms with van der Waals surface area (Å²) in [6, 6.07) is 3.66. The van der Waals surface area contributed by atoms with Crippen LogP contribution in [0.5, 0.6) is 0 Å². The maximum absolute atomic E-state index is 11.8. The summed E-state index contributed by atoms with van der Waals surface area (Å²) in [5.41, 5.74) is 8.94. The Labute approximate surface area is 147 Å². The molecule has 0 amide bonds. The van der Waals surface area contributed by atoms with Crippen LogP contribution >= 0.6 is 11.6 Å². The number of hydrogen-bond acceptors (Lipinski definition) is 4. The normalized spacial score (nSPS) is 23.8. The first kappa shape index (κ1) is 17.7. The van der Waals surface area contributed by atoms with Gasteiger partial charge >= 0.3 is 13.1 Å². The number of carboxylic acids is 1. The Morgan fingerprint density at radius 1 is 1.38 bits per heavy atom. The van der Waals surface area contributed by atoms with E-state index in [0.717, 1.165) is 29.5 Å². The molecule has 2 aliphatic rings. The molecular formula is C17H23BClNO4. The van der Waals surface area contributed by atoms with Gasteiger partial charge in [0.15, 0.2) is 0 Å². The minimum atomic E-state index is -1.34. The van der Waals surface area contributed by atoms with Crippen molar-refractivity contribution < 1.29 is 19.9 Å². The number of rotatable bonds is 7. The van der Waals surface area contributed by atoms with Crippen LogP contribution in [-0.4, -0.2) is 28.2 Å². The van der Waals surface area contributed by atoms with Gasteiger partial charge in [0.05, 0.1) is 5.92 Å². The van der Waals surface area contributed by atoms with Crippen LogP contribution in [-0.2, 0) is 11.2 Å². The van der Waals surface area contributed by atoms with Crippen molar-refractivity contribution in [2.75, 3.05) is 0 Å². The maximum atomic E-state index is 11.8. The molecule has 1 saturated carbocycles. The van der Waals surface area contributed by atoms with Crippen molar-refractivity contribution in [1.82, 2.24) is 0 Å². The van der Waals surface area contributed by atoms with Gasteiger partial charge in [-0.1, -0.05) is 24.1 Å². The third kappa shape index (κ3) is 3.62. The summed E-state index contributed by atoms with van der Waals surface area (Å²) in [4.78, 5) is 11.8. The molecule has 7 heteroatoms. The van der Waals surface area contributed by atoms with Crippen LogP contribution in [0.4, 0.5) is 0 Å². The third-order valence-corrected chi connectivity index (χ3v) is 5.67. The summed E-state index contributed by atoms with van der Waals surface area (Å²) in [5.74, 6) is -0.999. The molecule has 0 radical (unpaired) electrons. The lowest BCUT2D eigenvalue weighted by molar-refractivity contribution is -0.139. The standard InChI is InChI=1S/C17H23BClNO4/c19-14-7-11-6-10(2-1-5-18(23)24)15(17(21)22)12(11)8-13(14)16(20)9-3-4-9/h7-10,15-16,23-24H,1-6,20H2,(H,21,22). The molecule has 0 spiro atoms. The van der Waals surface area contributed by atoms with E-state index in [0.29, 0.717) is 30.2 Å². The van der Waals surface area contributed by atoms with Crippen LogP contribution in [0.3, 0.4) is 0 Å². The second-order valence-electron chi connectivity index (χ2n) is 7.13. The van der Waals surface area contributed by atoms with Crippen molar-refractivity contribution in [3.05, 3.63) is 33.8 Å². The first-order chi connectivity index (χ1) is 11.4. The monoisotopic (exact) mass is 351 g/mol. The molecule has 1 aromatic rings. The molecule has 1 aromatic carbocycles. The second-order valence-corrected chi connectivity index (χ2v) is 7.53. The number of fused-ring (bicyclic) bond motifs is 1. The minimum Gasteiger partial charge on any atom is -0.481 e. The van der Waals surface area contributed by atoms with Crippen LogP contribution < -0.4 is 5.73 Å². The molecular weight excluding hydrogens is 328 g/mol. The van der Waals surface area contributed by atoms with Gasteiger partial charge in [-0.05, 0) is 66.6 Å². The molecule has 5 N–H and O–H groups in total. The van der Waals surface area contributed by atoms with Gasteiger partial charge in [-0.3, -0.25) is 4.79 Å². The summed E-state index contributed by atoms with van der Waals surface area (Å²) in [6.45, 7) is 0. The fraction of sp³-hybridized carbons (Fsp3) is 0.588. The number of carbonyl (C=O) groups is 1. The summed E-state index contributed by atoms with van der Waals surface area (Å²) in [6.07, 6.45) is 4.35. The fourth-order valence-electron chi connectivity index (χ4n) is 3.90. The zero-order valence-electron chi connectivity index (χ0n) is 13.5. The molecule has 0 bridgehead atoms. The lowest BCUT2D eigenvalue weighted by atomic mass is 9.80. The largest absolute Gasteiger partial charge is 0.481 e. The predicted octanol–water partition coefficient (Wildman–Crippen LogP) is 2.34. The van der Waals surface area contributed by atoms with Crippen LogP contribution in [0, 0.1) is 11.8 Å². The Bertz CT molecular complexity index is 635. The van der Waals surface area contributed by atoms with Crippen LogP contribution in [0.2, 0.25) is 11.3 Å². The topological polar surface area (TPSA) is 104 Å². The summed E-state index contributed by atoms with van der Waals surface area (Å²) in [7, 11) is -1.34. The predicted molar refractivity (Wildman–Crippen MR) is 92.9 cm³/mol. The highest BCUT2D eigenvalue weighted by atomic mass is 35.5. The first-order valence-electron chi connectivity index (χ1n) is 8.55. The Morgan fingerprint density at radius 3 is 2.67 bits per heavy atom. The molecule has 0 saturated heterocycles. The summed E-state index contributed by atoms with van der Waals surface area (Å²) < 4.78 is 0. The van der Waals surface area contributed by atoms with Crippen molar-refractivity contribution >= 4 is 24.7 Å². The van der Waals surface area contributed by atoms with Gasteiger partial charge < -0.3 is 20.9 Å². The number of halogens is 1. The van der Waals surface area contributed by atoms with Gasteiger partial charge in [0.1, 0.15) is 0 Å². The van der Waals surface area contributed by atoms with E-state index in [1.54, 1.807) is 0 Å². The Balaban J connectivity index is 1.83. The van der Waals surface area contributed by atoms with E-state index in [-0.39, 0.29) is 18.3 Å². The molecule has 24 heavy (non-hydrogen) atoms. The van der Waals surface area contributed by atoms with Crippen LogP contribution in [0.15, 0.2) is 12.1 Å². The van der Waals surface area contributed by atoms with Crippen molar-refractivity contribution in [3.63, 3.8) is 0 Å². The van der Waals surface area contributed by atoms with Crippen molar-refractivity contribution in [2.24, 2.45) is 17.6 Å². The number of hydrogen-bond donors (Lipinski definition) is 4. The van der Waals surface area contributed by atoms with Crippen molar-refractivity contribution in [2.45, 2.75) is 50.4 Å². The Hall–Kier alpha value is -1.08. The quantitative estimate of drug-likeness (QED) is 0.565. The molecule has 0 heterocycles. The fourth-order valence-corrected chi connectivity index (χ4v) is 4.21. The van der Waals surface area contributed by atoms with Crippen molar-refractivity contribution in [3.8, 4) is 0 Å².